The first-order valence-electron chi connectivity index (χ1n) is 21.1. The lowest BCUT2D eigenvalue weighted by Gasteiger charge is -2.34. The number of hydrogen-bond acceptors (Lipinski definition) is 3. The van der Waals surface area contributed by atoms with Crippen molar-refractivity contribution < 1.29 is 0 Å². The maximum absolute atomic E-state index is 5.19. The first kappa shape index (κ1) is 36.2. The van der Waals surface area contributed by atoms with Gasteiger partial charge in [0.15, 0.2) is 5.82 Å². The molecule has 3 heteroatoms. The molecule has 1 aliphatic rings. The molecule has 290 valence electrons. The van der Waals surface area contributed by atoms with Crippen LogP contribution in [0.1, 0.15) is 22.3 Å². The summed E-state index contributed by atoms with van der Waals surface area (Å²) in [5.41, 5.74) is 16.9. The van der Waals surface area contributed by atoms with Gasteiger partial charge in [-0.1, -0.05) is 212 Å². The maximum atomic E-state index is 5.19. The van der Waals surface area contributed by atoms with Crippen LogP contribution in [-0.4, -0.2) is 9.97 Å². The van der Waals surface area contributed by atoms with Crippen molar-refractivity contribution in [3.05, 3.63) is 253 Å². The molecule has 0 atom stereocenters. The monoisotopic (exact) mass is 806 g/mol. The van der Waals surface area contributed by atoms with Crippen LogP contribution in [0.15, 0.2) is 231 Å². The molecule has 0 saturated heterocycles. The Labute approximate surface area is 365 Å². The summed E-state index contributed by atoms with van der Waals surface area (Å²) in [5.74, 6) is 0.705. The van der Waals surface area contributed by atoms with E-state index in [0.29, 0.717) is 5.82 Å². The molecule has 0 fully saturated rings. The van der Waals surface area contributed by atoms with Crippen molar-refractivity contribution in [3.63, 3.8) is 0 Å². The molecular weight excluding hydrogens is 769 g/mol. The lowest BCUT2D eigenvalue weighted by Crippen LogP contribution is -2.28. The van der Waals surface area contributed by atoms with Crippen LogP contribution in [0, 0.1) is 0 Å². The van der Waals surface area contributed by atoms with Crippen molar-refractivity contribution in [2.24, 2.45) is 0 Å². The van der Waals surface area contributed by atoms with Gasteiger partial charge in [-0.05, 0) is 73.8 Å². The Morgan fingerprint density at radius 1 is 0.339 bits per heavy atom. The van der Waals surface area contributed by atoms with Gasteiger partial charge in [0.2, 0.25) is 0 Å². The molecule has 0 spiro atoms. The zero-order valence-corrected chi connectivity index (χ0v) is 34.6. The zero-order valence-electron chi connectivity index (χ0n) is 33.7. The smallest absolute Gasteiger partial charge is 0.160 e. The highest BCUT2D eigenvalue weighted by molar-refractivity contribution is 7.25. The van der Waals surface area contributed by atoms with Gasteiger partial charge >= 0.3 is 0 Å². The molecule has 9 aromatic carbocycles. The van der Waals surface area contributed by atoms with Gasteiger partial charge in [-0.25, -0.2) is 9.97 Å². The number of thiophene rings is 1. The molecule has 0 radical (unpaired) electrons. The molecule has 0 N–H and O–H groups in total. The Morgan fingerprint density at radius 3 is 1.50 bits per heavy atom. The van der Waals surface area contributed by atoms with Gasteiger partial charge in [0.1, 0.15) is 0 Å². The molecule has 12 rings (SSSR count). The summed E-state index contributed by atoms with van der Waals surface area (Å²) in [6.45, 7) is 0. The molecule has 0 saturated carbocycles. The third-order valence-corrected chi connectivity index (χ3v) is 13.8. The van der Waals surface area contributed by atoms with Crippen molar-refractivity contribution in [3.8, 4) is 67.3 Å². The molecule has 0 bridgehead atoms. The average molecular weight is 807 g/mol. The molecule has 0 aliphatic heterocycles. The maximum Gasteiger partial charge on any atom is 0.160 e. The third-order valence-electron chi connectivity index (χ3n) is 12.6. The van der Waals surface area contributed by atoms with Crippen molar-refractivity contribution >= 4 is 31.5 Å². The summed E-state index contributed by atoms with van der Waals surface area (Å²) in [7, 11) is 0. The fourth-order valence-corrected chi connectivity index (χ4v) is 11.0. The van der Waals surface area contributed by atoms with Gasteiger partial charge in [0.25, 0.3) is 0 Å². The minimum Gasteiger partial charge on any atom is -0.228 e. The first-order chi connectivity index (χ1) is 30.7. The van der Waals surface area contributed by atoms with Crippen molar-refractivity contribution in [1.82, 2.24) is 9.97 Å². The largest absolute Gasteiger partial charge is 0.228 e. The van der Waals surface area contributed by atoms with E-state index in [4.69, 9.17) is 9.97 Å². The number of fused-ring (bicyclic) bond motifs is 6. The van der Waals surface area contributed by atoms with E-state index < -0.39 is 5.41 Å². The van der Waals surface area contributed by atoms with Gasteiger partial charge in [-0.2, -0.15) is 0 Å². The van der Waals surface area contributed by atoms with Crippen molar-refractivity contribution in [2.45, 2.75) is 5.41 Å². The number of aromatic nitrogens is 2. The van der Waals surface area contributed by atoms with Crippen LogP contribution in [-0.2, 0) is 5.41 Å². The fourth-order valence-electron chi connectivity index (χ4n) is 9.85. The highest BCUT2D eigenvalue weighted by atomic mass is 32.1. The Kier molecular flexibility index (Phi) is 8.62. The Morgan fingerprint density at radius 2 is 0.823 bits per heavy atom. The van der Waals surface area contributed by atoms with Gasteiger partial charge < -0.3 is 0 Å². The molecule has 62 heavy (non-hydrogen) atoms. The first-order valence-corrected chi connectivity index (χ1v) is 22.0. The second-order valence-electron chi connectivity index (χ2n) is 16.0. The molecule has 2 heterocycles. The average Bonchev–Trinajstić information content (AvgIpc) is 3.89. The normalized spacial score (nSPS) is 12.6. The van der Waals surface area contributed by atoms with E-state index in [0.717, 1.165) is 28.1 Å². The number of benzene rings is 9. The molecule has 11 aromatic rings. The van der Waals surface area contributed by atoms with E-state index in [9.17, 15) is 0 Å². The Bertz CT molecular complexity index is 3390. The number of hydrogen-bond donors (Lipinski definition) is 0. The molecule has 0 unspecified atom stereocenters. The van der Waals surface area contributed by atoms with Gasteiger partial charge in [-0.3, -0.25) is 0 Å². The third kappa shape index (κ3) is 5.78. The van der Waals surface area contributed by atoms with E-state index in [-0.39, 0.29) is 0 Å². The number of nitrogens with zero attached hydrogens (tertiary/aromatic N) is 2. The van der Waals surface area contributed by atoms with E-state index >= 15 is 0 Å². The summed E-state index contributed by atoms with van der Waals surface area (Å²) in [6, 6.07) is 83.3. The van der Waals surface area contributed by atoms with Crippen LogP contribution < -0.4 is 0 Å². The van der Waals surface area contributed by atoms with Gasteiger partial charge in [0.05, 0.1) is 16.8 Å². The van der Waals surface area contributed by atoms with Gasteiger partial charge in [-0.15, -0.1) is 11.3 Å². The van der Waals surface area contributed by atoms with Gasteiger partial charge in [0, 0.05) is 36.9 Å². The lowest BCUT2D eigenvalue weighted by molar-refractivity contribution is 0.768. The fraction of sp³-hybridized carbons (Fsp3) is 0.0169. The van der Waals surface area contributed by atoms with Crippen LogP contribution in [0.25, 0.3) is 87.5 Å². The molecule has 0 amide bonds. The van der Waals surface area contributed by atoms with Crippen molar-refractivity contribution in [2.75, 3.05) is 0 Å². The summed E-state index contributed by atoms with van der Waals surface area (Å²) < 4.78 is 2.62. The van der Waals surface area contributed by atoms with Crippen LogP contribution in [0.5, 0.6) is 0 Å². The van der Waals surface area contributed by atoms with Crippen LogP contribution in [0.3, 0.4) is 0 Å². The summed E-state index contributed by atoms with van der Waals surface area (Å²) in [5, 5.41) is 2.62. The summed E-state index contributed by atoms with van der Waals surface area (Å²) >= 11 is 1.85. The predicted octanol–water partition coefficient (Wildman–Crippen LogP) is 15.5. The Hall–Kier alpha value is -7.72. The topological polar surface area (TPSA) is 25.8 Å². The second kappa shape index (κ2) is 14.8. The quantitative estimate of drug-likeness (QED) is 0.160. The van der Waals surface area contributed by atoms with Crippen LogP contribution in [0.2, 0.25) is 0 Å². The minimum absolute atomic E-state index is 0.445. The SMILES string of the molecule is c1ccc(-c2nc(-c3ccc(-c4cccc5c4-c4ccccc4C5(c4ccccc4)c4ccccc4)cc3)cc(-c3ccc(-c4cccc5sc6ccccc6c45)cc3)n2)cc1. The van der Waals surface area contributed by atoms with E-state index in [2.05, 4.69) is 212 Å². The highest BCUT2D eigenvalue weighted by Gasteiger charge is 2.46. The Balaban J connectivity index is 0.954. The molecular formula is C59H38N2S. The second-order valence-corrected chi connectivity index (χ2v) is 17.1. The highest BCUT2D eigenvalue weighted by Crippen LogP contribution is 2.58. The van der Waals surface area contributed by atoms with E-state index in [1.54, 1.807) is 0 Å². The predicted molar refractivity (Wildman–Crippen MR) is 259 cm³/mol. The minimum atomic E-state index is -0.445. The lowest BCUT2D eigenvalue weighted by atomic mass is 9.67. The number of rotatable bonds is 7. The van der Waals surface area contributed by atoms with E-state index in [1.165, 1.54) is 75.8 Å². The molecule has 2 nitrogen and oxygen atoms in total. The van der Waals surface area contributed by atoms with Crippen LogP contribution in [0.4, 0.5) is 0 Å². The zero-order chi connectivity index (χ0) is 41.0. The van der Waals surface area contributed by atoms with E-state index in [1.807, 2.05) is 29.5 Å². The molecule has 2 aromatic heterocycles. The molecule has 1 aliphatic carbocycles. The summed E-state index contributed by atoms with van der Waals surface area (Å²) in [4.78, 5) is 10.4. The van der Waals surface area contributed by atoms with Crippen LogP contribution >= 0.6 is 11.3 Å². The standard InChI is InChI=1S/C59H38N2S/c1-4-16-43(17-5-1)58-60-52(38-53(61-58)42-36-32-40(33-37-42)47-25-15-29-55-57(47)49-23-11-13-28-54(49)62-55)41-34-30-39(31-35-41)46-24-14-27-51-56(46)48-22-10-12-26-50(48)59(51,44-18-6-2-7-19-44)45-20-8-3-9-21-45/h1-38H. The summed E-state index contributed by atoms with van der Waals surface area (Å²) in [6.07, 6.45) is 0. The van der Waals surface area contributed by atoms with Crippen molar-refractivity contribution in [1.29, 1.82) is 0 Å².